The molecule has 1 saturated heterocycles. The zero-order chi connectivity index (χ0) is 19.6. The van der Waals surface area contributed by atoms with Crippen LogP contribution in [-0.2, 0) is 9.59 Å². The summed E-state index contributed by atoms with van der Waals surface area (Å²) < 4.78 is 0. The maximum Gasteiger partial charge on any atom is 0.318 e. The average molecular weight is 378 g/mol. The molecule has 0 bridgehead atoms. The molecular formula is C14H10N4O7S. The van der Waals surface area contributed by atoms with E-state index >= 15 is 0 Å². The van der Waals surface area contributed by atoms with Gasteiger partial charge in [0.15, 0.2) is 5.11 Å². The van der Waals surface area contributed by atoms with Gasteiger partial charge in [0.2, 0.25) is 5.75 Å². The number of non-ortho nitro benzene ring substituents is 1. The number of nitrogens with zero attached hydrogens (tertiary/aromatic N) is 3. The molecule has 1 heterocycles. The number of carbonyl (C=O) groups excluding carboxylic acids is 2. The molecule has 0 unspecified atom stereocenters. The Hall–Kier alpha value is -3.67. The Kier molecular flexibility index (Phi) is 5.07. The monoisotopic (exact) mass is 378 g/mol. The van der Waals surface area contributed by atoms with Crippen molar-refractivity contribution in [2.24, 2.45) is 0 Å². The predicted octanol–water partition coefficient (Wildman–Crippen LogP) is 1.02. The number of hydrogen-bond acceptors (Lipinski definition) is 8. The van der Waals surface area contributed by atoms with Crippen LogP contribution in [-0.4, -0.2) is 43.3 Å². The third-order valence-electron chi connectivity index (χ3n) is 3.31. The number of hydrogen-bond donors (Lipinski definition) is 2. The lowest BCUT2D eigenvalue weighted by Crippen LogP contribution is -2.53. The van der Waals surface area contributed by atoms with Gasteiger partial charge in [-0.15, -0.1) is 6.58 Å². The van der Waals surface area contributed by atoms with Crippen molar-refractivity contribution in [3.05, 3.63) is 56.2 Å². The third kappa shape index (κ3) is 3.39. The first-order chi connectivity index (χ1) is 12.2. The molecule has 1 aromatic carbocycles. The number of phenols is 1. The Morgan fingerprint density at radius 1 is 1.27 bits per heavy atom. The van der Waals surface area contributed by atoms with E-state index < -0.39 is 49.9 Å². The van der Waals surface area contributed by atoms with Gasteiger partial charge in [0.05, 0.1) is 15.9 Å². The summed E-state index contributed by atoms with van der Waals surface area (Å²) >= 11 is 4.87. The van der Waals surface area contributed by atoms with Crippen molar-refractivity contribution in [3.8, 4) is 5.75 Å². The lowest BCUT2D eigenvalue weighted by atomic mass is 10.0. The minimum atomic E-state index is -1.02. The van der Waals surface area contributed by atoms with Crippen molar-refractivity contribution in [1.82, 2.24) is 10.2 Å². The highest BCUT2D eigenvalue weighted by molar-refractivity contribution is 7.80. The quantitative estimate of drug-likeness (QED) is 0.192. The molecule has 26 heavy (non-hydrogen) atoms. The minimum Gasteiger partial charge on any atom is -0.502 e. The van der Waals surface area contributed by atoms with Gasteiger partial charge in [-0.1, -0.05) is 6.08 Å². The van der Waals surface area contributed by atoms with Gasteiger partial charge >= 0.3 is 5.69 Å². The van der Waals surface area contributed by atoms with E-state index in [0.717, 1.165) is 17.0 Å². The van der Waals surface area contributed by atoms with E-state index in [-0.39, 0.29) is 11.7 Å². The second kappa shape index (κ2) is 7.06. The molecule has 0 atom stereocenters. The largest absolute Gasteiger partial charge is 0.502 e. The smallest absolute Gasteiger partial charge is 0.318 e. The zero-order valence-corrected chi connectivity index (χ0v) is 13.7. The number of thiocarbonyl (C=S) groups is 1. The highest BCUT2D eigenvalue weighted by Crippen LogP contribution is 2.35. The van der Waals surface area contributed by atoms with E-state index in [1.807, 2.05) is 0 Å². The number of nitro groups is 2. The summed E-state index contributed by atoms with van der Waals surface area (Å²) in [6.45, 7) is 3.43. The SMILES string of the molecule is C=CCN1C(=O)C(=Cc2cc([N+](=O)[O-])cc([N+](=O)[O-])c2O)C(=O)NC1=S. The van der Waals surface area contributed by atoms with Gasteiger partial charge in [-0.05, 0) is 18.3 Å². The first-order valence-corrected chi connectivity index (χ1v) is 7.23. The predicted molar refractivity (Wildman–Crippen MR) is 92.0 cm³/mol. The van der Waals surface area contributed by atoms with Crippen molar-refractivity contribution in [2.45, 2.75) is 0 Å². The Labute approximate surface area is 150 Å². The lowest BCUT2D eigenvalue weighted by molar-refractivity contribution is -0.394. The summed E-state index contributed by atoms with van der Waals surface area (Å²) in [6.07, 6.45) is 2.18. The lowest BCUT2D eigenvalue weighted by Gasteiger charge is -2.27. The number of phenolic OH excluding ortho intramolecular Hbond substituents is 1. The van der Waals surface area contributed by atoms with Gasteiger partial charge in [0, 0.05) is 18.2 Å². The number of carbonyl (C=O) groups is 2. The van der Waals surface area contributed by atoms with Crippen molar-refractivity contribution in [3.63, 3.8) is 0 Å². The molecule has 1 aliphatic rings. The molecule has 0 aromatic heterocycles. The summed E-state index contributed by atoms with van der Waals surface area (Å²) in [4.78, 5) is 45.4. The molecule has 1 fully saturated rings. The maximum absolute atomic E-state index is 12.4. The number of amides is 2. The van der Waals surface area contributed by atoms with Crippen LogP contribution in [0.2, 0.25) is 0 Å². The van der Waals surface area contributed by atoms with Crippen LogP contribution in [0.15, 0.2) is 30.4 Å². The molecule has 1 aliphatic heterocycles. The maximum atomic E-state index is 12.4. The van der Waals surface area contributed by atoms with Gasteiger partial charge in [0.1, 0.15) is 5.57 Å². The van der Waals surface area contributed by atoms with Crippen LogP contribution in [0.1, 0.15) is 5.56 Å². The summed E-state index contributed by atoms with van der Waals surface area (Å²) in [5.41, 5.74) is -2.57. The molecule has 0 saturated carbocycles. The van der Waals surface area contributed by atoms with E-state index in [9.17, 15) is 34.9 Å². The van der Waals surface area contributed by atoms with Crippen molar-refractivity contribution in [1.29, 1.82) is 0 Å². The molecule has 1 aromatic rings. The molecule has 2 amide bonds. The number of rotatable bonds is 5. The number of nitro benzene ring substituents is 2. The van der Waals surface area contributed by atoms with E-state index in [1.165, 1.54) is 6.08 Å². The van der Waals surface area contributed by atoms with Crippen molar-refractivity contribution >= 4 is 46.6 Å². The van der Waals surface area contributed by atoms with Crippen LogP contribution < -0.4 is 5.32 Å². The highest BCUT2D eigenvalue weighted by Gasteiger charge is 2.33. The fourth-order valence-electron chi connectivity index (χ4n) is 2.12. The molecule has 0 spiro atoms. The highest BCUT2D eigenvalue weighted by atomic mass is 32.1. The van der Waals surface area contributed by atoms with Gasteiger partial charge in [0.25, 0.3) is 17.5 Å². The Bertz CT molecular complexity index is 909. The van der Waals surface area contributed by atoms with Crippen LogP contribution in [0.25, 0.3) is 6.08 Å². The normalized spacial score (nSPS) is 15.8. The molecule has 12 heteroatoms. The van der Waals surface area contributed by atoms with Gasteiger partial charge in [-0.3, -0.25) is 40.0 Å². The molecule has 2 N–H and O–H groups in total. The zero-order valence-electron chi connectivity index (χ0n) is 12.9. The van der Waals surface area contributed by atoms with Crippen LogP contribution >= 0.6 is 12.2 Å². The molecular weight excluding hydrogens is 368 g/mol. The summed E-state index contributed by atoms with van der Waals surface area (Å²) in [7, 11) is 0. The van der Waals surface area contributed by atoms with E-state index in [1.54, 1.807) is 0 Å². The fourth-order valence-corrected chi connectivity index (χ4v) is 2.37. The van der Waals surface area contributed by atoms with Crippen LogP contribution in [0.3, 0.4) is 0 Å². The molecule has 0 radical (unpaired) electrons. The second-order valence-corrected chi connectivity index (χ2v) is 5.33. The van der Waals surface area contributed by atoms with Crippen molar-refractivity contribution < 1.29 is 24.5 Å². The molecule has 11 nitrogen and oxygen atoms in total. The Morgan fingerprint density at radius 2 is 1.92 bits per heavy atom. The van der Waals surface area contributed by atoms with Gasteiger partial charge < -0.3 is 5.11 Å². The average Bonchev–Trinajstić information content (AvgIpc) is 2.56. The summed E-state index contributed by atoms with van der Waals surface area (Å²) in [6, 6.07) is 1.37. The number of benzene rings is 1. The summed E-state index contributed by atoms with van der Waals surface area (Å²) in [5, 5.41) is 34.0. The molecule has 134 valence electrons. The van der Waals surface area contributed by atoms with Gasteiger partial charge in [-0.2, -0.15) is 0 Å². The first kappa shape index (κ1) is 18.7. The second-order valence-electron chi connectivity index (χ2n) is 4.94. The Morgan fingerprint density at radius 3 is 2.46 bits per heavy atom. The molecule has 0 aliphatic carbocycles. The van der Waals surface area contributed by atoms with E-state index in [0.29, 0.717) is 6.07 Å². The van der Waals surface area contributed by atoms with Crippen molar-refractivity contribution in [2.75, 3.05) is 6.54 Å². The van der Waals surface area contributed by atoms with Crippen LogP contribution in [0, 0.1) is 20.2 Å². The standard InChI is InChI=1S/C14H10N4O7S/c1-2-3-16-13(21)9(12(20)15-14(16)26)5-7-4-8(17(22)23)6-10(11(7)19)18(24)25/h2,4-6,19H,1,3H2,(H,15,20,26). The number of aromatic hydroxyl groups is 1. The van der Waals surface area contributed by atoms with Crippen LogP contribution in [0.5, 0.6) is 5.75 Å². The first-order valence-electron chi connectivity index (χ1n) is 6.83. The van der Waals surface area contributed by atoms with Gasteiger partial charge in [-0.25, -0.2) is 0 Å². The topological polar surface area (TPSA) is 156 Å². The van der Waals surface area contributed by atoms with E-state index in [4.69, 9.17) is 12.2 Å². The third-order valence-corrected chi connectivity index (χ3v) is 3.63. The number of nitrogens with one attached hydrogen (secondary N) is 1. The Balaban J connectivity index is 2.63. The van der Waals surface area contributed by atoms with E-state index in [2.05, 4.69) is 11.9 Å². The molecule has 2 rings (SSSR count). The minimum absolute atomic E-state index is 0.0175. The fraction of sp³-hybridized carbons (Fsp3) is 0.0714. The summed E-state index contributed by atoms with van der Waals surface area (Å²) in [5.74, 6) is -2.67. The van der Waals surface area contributed by atoms with Crippen LogP contribution in [0.4, 0.5) is 11.4 Å².